The summed E-state index contributed by atoms with van der Waals surface area (Å²) in [5.74, 6) is 1.78. The van der Waals surface area contributed by atoms with Crippen molar-refractivity contribution in [3.63, 3.8) is 0 Å². The van der Waals surface area contributed by atoms with Crippen molar-refractivity contribution in [3.8, 4) is 17.2 Å². The fourth-order valence-corrected chi connectivity index (χ4v) is 2.99. The normalized spacial score (nSPS) is 20.1. The van der Waals surface area contributed by atoms with E-state index in [1.807, 2.05) is 43.3 Å². The summed E-state index contributed by atoms with van der Waals surface area (Å²) in [5, 5.41) is 10.5. The van der Waals surface area contributed by atoms with Crippen LogP contribution < -0.4 is 20.3 Å². The van der Waals surface area contributed by atoms with Gasteiger partial charge in [0.15, 0.2) is 0 Å². The molecule has 1 aliphatic rings. The first-order chi connectivity index (χ1) is 11.7. The van der Waals surface area contributed by atoms with Gasteiger partial charge in [-0.3, -0.25) is 5.43 Å². The van der Waals surface area contributed by atoms with E-state index < -0.39 is 0 Å². The molecule has 1 saturated heterocycles. The lowest BCUT2D eigenvalue weighted by Gasteiger charge is -2.22. The van der Waals surface area contributed by atoms with Crippen LogP contribution in [0, 0.1) is 0 Å². The number of phenols is 1. The fraction of sp³-hybridized carbons (Fsp3) is 0.368. The molecule has 2 aromatic carbocycles. The van der Waals surface area contributed by atoms with E-state index in [-0.39, 0.29) is 17.9 Å². The highest BCUT2D eigenvalue weighted by atomic mass is 16.5. The Morgan fingerprint density at radius 2 is 1.96 bits per heavy atom. The molecule has 5 heteroatoms. The minimum Gasteiger partial charge on any atom is -0.507 e. The van der Waals surface area contributed by atoms with Gasteiger partial charge in [-0.2, -0.15) is 0 Å². The number of aryl methyl sites for hydroxylation is 1. The van der Waals surface area contributed by atoms with Crippen LogP contribution in [-0.2, 0) is 6.42 Å². The zero-order chi connectivity index (χ0) is 16.9. The van der Waals surface area contributed by atoms with Crippen LogP contribution in [0.2, 0.25) is 0 Å². The predicted octanol–water partition coefficient (Wildman–Crippen LogP) is 2.95. The summed E-state index contributed by atoms with van der Waals surface area (Å²) in [6.07, 6.45) is 0.730. The van der Waals surface area contributed by atoms with Gasteiger partial charge in [0.2, 0.25) is 0 Å². The molecule has 0 spiro atoms. The topological polar surface area (TPSA) is 62.8 Å². The number of aromatic hydroxyl groups is 1. The number of hydrogen-bond acceptors (Lipinski definition) is 5. The second kappa shape index (κ2) is 7.55. The molecule has 0 saturated carbocycles. The van der Waals surface area contributed by atoms with Crippen molar-refractivity contribution in [1.29, 1.82) is 0 Å². The van der Waals surface area contributed by atoms with Crippen molar-refractivity contribution in [1.82, 2.24) is 10.9 Å². The smallest absolute Gasteiger partial charge is 0.133 e. The van der Waals surface area contributed by atoms with Gasteiger partial charge in [-0.15, -0.1) is 0 Å². The molecule has 0 aliphatic carbocycles. The van der Waals surface area contributed by atoms with Crippen LogP contribution in [-0.4, -0.2) is 24.4 Å². The maximum atomic E-state index is 10.5. The zero-order valence-electron chi connectivity index (χ0n) is 14.1. The summed E-state index contributed by atoms with van der Waals surface area (Å²) in [6, 6.07) is 13.3. The lowest BCUT2D eigenvalue weighted by molar-refractivity contribution is 0.195. The molecule has 3 N–H and O–H groups in total. The number of hydrogen-bond donors (Lipinski definition) is 3. The van der Waals surface area contributed by atoms with Crippen molar-refractivity contribution >= 4 is 0 Å². The van der Waals surface area contributed by atoms with Gasteiger partial charge in [0.1, 0.15) is 23.4 Å². The van der Waals surface area contributed by atoms with Crippen molar-refractivity contribution in [2.75, 3.05) is 13.2 Å². The van der Waals surface area contributed by atoms with Gasteiger partial charge < -0.3 is 14.6 Å². The van der Waals surface area contributed by atoms with Gasteiger partial charge in [0.05, 0.1) is 12.6 Å². The number of ether oxygens (including phenoxy) is 2. The van der Waals surface area contributed by atoms with Crippen LogP contribution in [0.5, 0.6) is 17.2 Å². The first-order valence-corrected chi connectivity index (χ1v) is 8.41. The number of para-hydroxylation sites is 1. The summed E-state index contributed by atoms with van der Waals surface area (Å²) in [6.45, 7) is 5.26. The van der Waals surface area contributed by atoms with Crippen molar-refractivity contribution in [2.24, 2.45) is 0 Å². The van der Waals surface area contributed by atoms with Gasteiger partial charge in [-0.1, -0.05) is 25.1 Å². The SMILES string of the molecule is CCOc1cc(O)c(C2NNCC2Oc2ccccc2)cc1CC. The molecule has 0 radical (unpaired) electrons. The Labute approximate surface area is 142 Å². The summed E-state index contributed by atoms with van der Waals surface area (Å²) in [5.41, 5.74) is 8.24. The molecule has 1 fully saturated rings. The van der Waals surface area contributed by atoms with E-state index in [4.69, 9.17) is 9.47 Å². The summed E-state index contributed by atoms with van der Waals surface area (Å²) in [4.78, 5) is 0. The number of benzene rings is 2. The fourth-order valence-electron chi connectivity index (χ4n) is 2.99. The highest BCUT2D eigenvalue weighted by molar-refractivity contribution is 5.48. The predicted molar refractivity (Wildman–Crippen MR) is 93.4 cm³/mol. The van der Waals surface area contributed by atoms with E-state index in [1.165, 1.54) is 0 Å². The van der Waals surface area contributed by atoms with Gasteiger partial charge >= 0.3 is 0 Å². The molecule has 1 heterocycles. The Morgan fingerprint density at radius 3 is 2.67 bits per heavy atom. The largest absolute Gasteiger partial charge is 0.507 e. The molecular weight excluding hydrogens is 304 g/mol. The number of phenolic OH excluding ortho intramolecular Hbond substituents is 1. The van der Waals surface area contributed by atoms with Crippen molar-refractivity contribution < 1.29 is 14.6 Å². The third-order valence-electron chi connectivity index (χ3n) is 4.19. The third-order valence-corrected chi connectivity index (χ3v) is 4.19. The maximum Gasteiger partial charge on any atom is 0.133 e. The maximum absolute atomic E-state index is 10.5. The summed E-state index contributed by atoms with van der Waals surface area (Å²) in [7, 11) is 0. The van der Waals surface area contributed by atoms with Crippen LogP contribution in [0.1, 0.15) is 31.0 Å². The molecule has 2 atom stereocenters. The standard InChI is InChI=1S/C19H24N2O3/c1-3-13-10-15(16(22)11-17(13)23-4-2)19-18(12-20-21-19)24-14-8-6-5-7-9-14/h5-11,18-22H,3-4,12H2,1-2H3. The molecule has 1 aliphatic heterocycles. The van der Waals surface area contributed by atoms with Crippen LogP contribution in [0.4, 0.5) is 0 Å². The minimum atomic E-state index is -0.133. The highest BCUT2D eigenvalue weighted by Gasteiger charge is 2.32. The van der Waals surface area contributed by atoms with Crippen LogP contribution in [0.3, 0.4) is 0 Å². The van der Waals surface area contributed by atoms with Crippen molar-refractivity contribution in [3.05, 3.63) is 53.6 Å². The van der Waals surface area contributed by atoms with Crippen molar-refractivity contribution in [2.45, 2.75) is 32.4 Å². The third kappa shape index (κ3) is 3.47. The Hall–Kier alpha value is -2.24. The second-order valence-corrected chi connectivity index (χ2v) is 5.78. The van der Waals surface area contributed by atoms with E-state index in [0.29, 0.717) is 13.2 Å². The Kier molecular flexibility index (Phi) is 5.23. The Bertz CT molecular complexity index is 676. The lowest BCUT2D eigenvalue weighted by Crippen LogP contribution is -2.28. The van der Waals surface area contributed by atoms with E-state index in [9.17, 15) is 5.11 Å². The lowest BCUT2D eigenvalue weighted by atomic mass is 9.98. The Balaban J connectivity index is 1.86. The first kappa shape index (κ1) is 16.6. The first-order valence-electron chi connectivity index (χ1n) is 8.41. The quantitative estimate of drug-likeness (QED) is 0.761. The average molecular weight is 328 g/mol. The van der Waals surface area contributed by atoms with E-state index >= 15 is 0 Å². The molecule has 0 bridgehead atoms. The molecule has 24 heavy (non-hydrogen) atoms. The number of nitrogens with one attached hydrogen (secondary N) is 2. The van der Waals surface area contributed by atoms with Gasteiger partial charge in [-0.25, -0.2) is 5.43 Å². The monoisotopic (exact) mass is 328 g/mol. The molecular formula is C19H24N2O3. The molecule has 3 rings (SSSR count). The molecule has 0 aromatic heterocycles. The van der Waals surface area contributed by atoms with Gasteiger partial charge in [0, 0.05) is 18.2 Å². The highest BCUT2D eigenvalue weighted by Crippen LogP contribution is 2.35. The van der Waals surface area contributed by atoms with Crippen LogP contribution >= 0.6 is 0 Å². The summed E-state index contributed by atoms with van der Waals surface area (Å²) >= 11 is 0. The number of rotatable bonds is 6. The second-order valence-electron chi connectivity index (χ2n) is 5.78. The molecule has 2 unspecified atom stereocenters. The van der Waals surface area contributed by atoms with E-state index in [2.05, 4.69) is 17.8 Å². The van der Waals surface area contributed by atoms with Crippen LogP contribution in [0.25, 0.3) is 0 Å². The molecule has 128 valence electrons. The van der Waals surface area contributed by atoms with Crippen LogP contribution in [0.15, 0.2) is 42.5 Å². The van der Waals surface area contributed by atoms with E-state index in [1.54, 1.807) is 6.07 Å². The Morgan fingerprint density at radius 1 is 1.17 bits per heavy atom. The zero-order valence-corrected chi connectivity index (χ0v) is 14.1. The van der Waals surface area contributed by atoms with Gasteiger partial charge in [0.25, 0.3) is 0 Å². The summed E-state index contributed by atoms with van der Waals surface area (Å²) < 4.78 is 11.7. The molecule has 5 nitrogen and oxygen atoms in total. The van der Waals surface area contributed by atoms with E-state index in [0.717, 1.165) is 29.0 Å². The molecule has 0 amide bonds. The minimum absolute atomic E-state index is 0.110. The average Bonchev–Trinajstić information content (AvgIpc) is 3.04. The van der Waals surface area contributed by atoms with Gasteiger partial charge in [-0.05, 0) is 37.1 Å². The number of hydrazine groups is 1. The molecule has 2 aromatic rings.